The van der Waals surface area contributed by atoms with E-state index >= 15 is 0 Å². The Morgan fingerprint density at radius 2 is 2.20 bits per heavy atom. The number of carbonyl (C=O) groups excluding carboxylic acids is 2. The van der Waals surface area contributed by atoms with Gasteiger partial charge in [0, 0.05) is 12.1 Å². The van der Waals surface area contributed by atoms with Crippen molar-refractivity contribution in [2.24, 2.45) is 5.92 Å². The van der Waals surface area contributed by atoms with Crippen molar-refractivity contribution < 1.29 is 19.1 Å². The second-order valence-electron chi connectivity index (χ2n) is 5.02. The number of nitrogens with one attached hydrogen (secondary N) is 1. The van der Waals surface area contributed by atoms with Crippen LogP contribution in [0.4, 0.5) is 0 Å². The summed E-state index contributed by atoms with van der Waals surface area (Å²) in [6.07, 6.45) is 1.37. The third kappa shape index (κ3) is 2.45. The van der Waals surface area contributed by atoms with E-state index in [1.807, 2.05) is 13.8 Å². The SMILES string of the molecule is CCOC(=O)c1c[nH]c(=O)c2c1OC(=O)C[C@H]2C(C)C. The average Bonchev–Trinajstić information content (AvgIpc) is 2.38. The lowest BCUT2D eigenvalue weighted by Gasteiger charge is -2.27. The van der Waals surface area contributed by atoms with Crippen LogP contribution in [0.25, 0.3) is 0 Å². The van der Waals surface area contributed by atoms with E-state index in [1.165, 1.54) is 6.20 Å². The Morgan fingerprint density at radius 3 is 2.80 bits per heavy atom. The molecule has 0 aromatic carbocycles. The molecule has 0 spiro atoms. The normalized spacial score (nSPS) is 17.6. The number of hydrogen-bond acceptors (Lipinski definition) is 5. The van der Waals surface area contributed by atoms with Crippen LogP contribution >= 0.6 is 0 Å². The molecule has 6 heteroatoms. The Bertz CT molecular complexity index is 602. The first-order valence-electron chi connectivity index (χ1n) is 6.59. The third-order valence-electron chi connectivity index (χ3n) is 3.35. The van der Waals surface area contributed by atoms with Crippen LogP contribution in [0.1, 0.15) is 49.0 Å². The lowest BCUT2D eigenvalue weighted by atomic mass is 9.84. The number of aromatic amines is 1. The summed E-state index contributed by atoms with van der Waals surface area (Å²) in [5, 5.41) is 0. The van der Waals surface area contributed by atoms with Gasteiger partial charge >= 0.3 is 11.9 Å². The molecule has 1 aromatic rings. The van der Waals surface area contributed by atoms with Crippen molar-refractivity contribution in [3.05, 3.63) is 27.7 Å². The molecule has 2 heterocycles. The highest BCUT2D eigenvalue weighted by atomic mass is 16.5. The van der Waals surface area contributed by atoms with E-state index in [0.29, 0.717) is 5.56 Å². The molecule has 108 valence electrons. The number of esters is 2. The predicted molar refractivity (Wildman–Crippen MR) is 70.9 cm³/mol. The van der Waals surface area contributed by atoms with Gasteiger partial charge in [-0.2, -0.15) is 0 Å². The molecule has 0 saturated carbocycles. The second kappa shape index (κ2) is 5.48. The maximum absolute atomic E-state index is 12.0. The first-order valence-corrected chi connectivity index (χ1v) is 6.59. The molecule has 0 aliphatic carbocycles. The average molecular weight is 279 g/mol. The largest absolute Gasteiger partial charge is 0.462 e. The van der Waals surface area contributed by atoms with Crippen LogP contribution in [0.3, 0.4) is 0 Å². The van der Waals surface area contributed by atoms with Crippen molar-refractivity contribution in [1.82, 2.24) is 4.98 Å². The van der Waals surface area contributed by atoms with E-state index in [9.17, 15) is 14.4 Å². The highest BCUT2D eigenvalue weighted by Crippen LogP contribution is 2.38. The van der Waals surface area contributed by atoms with Crippen molar-refractivity contribution in [3.8, 4) is 5.75 Å². The van der Waals surface area contributed by atoms with Gasteiger partial charge in [0.1, 0.15) is 5.56 Å². The summed E-state index contributed by atoms with van der Waals surface area (Å²) in [5.74, 6) is -1.18. The Kier molecular flexibility index (Phi) is 3.92. The zero-order chi connectivity index (χ0) is 14.9. The number of aromatic nitrogens is 1. The van der Waals surface area contributed by atoms with Crippen LogP contribution in [-0.4, -0.2) is 23.5 Å². The van der Waals surface area contributed by atoms with Crippen LogP contribution in [0.15, 0.2) is 11.0 Å². The first kappa shape index (κ1) is 14.3. The van der Waals surface area contributed by atoms with Gasteiger partial charge < -0.3 is 14.5 Å². The minimum absolute atomic E-state index is 0.0437. The van der Waals surface area contributed by atoms with E-state index in [4.69, 9.17) is 9.47 Å². The zero-order valence-electron chi connectivity index (χ0n) is 11.7. The van der Waals surface area contributed by atoms with Crippen LogP contribution in [0.2, 0.25) is 0 Å². The molecule has 1 aliphatic heterocycles. The van der Waals surface area contributed by atoms with Gasteiger partial charge in [0.25, 0.3) is 5.56 Å². The summed E-state index contributed by atoms with van der Waals surface area (Å²) in [6, 6.07) is 0. The lowest BCUT2D eigenvalue weighted by molar-refractivity contribution is -0.136. The van der Waals surface area contributed by atoms with Crippen LogP contribution in [0.5, 0.6) is 5.75 Å². The number of carbonyl (C=O) groups is 2. The summed E-state index contributed by atoms with van der Waals surface area (Å²) in [5.41, 5.74) is 0.101. The predicted octanol–water partition coefficient (Wildman–Crippen LogP) is 1.60. The van der Waals surface area contributed by atoms with Crippen LogP contribution < -0.4 is 10.3 Å². The lowest BCUT2D eigenvalue weighted by Crippen LogP contribution is -2.31. The molecule has 0 bridgehead atoms. The van der Waals surface area contributed by atoms with Gasteiger partial charge in [-0.15, -0.1) is 0 Å². The van der Waals surface area contributed by atoms with E-state index in [1.54, 1.807) is 6.92 Å². The zero-order valence-corrected chi connectivity index (χ0v) is 11.7. The molecule has 1 aliphatic rings. The van der Waals surface area contributed by atoms with Crippen molar-refractivity contribution in [1.29, 1.82) is 0 Å². The Labute approximate surface area is 116 Å². The number of H-pyrrole nitrogens is 1. The number of fused-ring (bicyclic) bond motifs is 1. The molecule has 1 N–H and O–H groups in total. The van der Waals surface area contributed by atoms with Gasteiger partial charge in [-0.05, 0) is 12.8 Å². The minimum atomic E-state index is -0.614. The number of rotatable bonds is 3. The first-order chi connectivity index (χ1) is 9.45. The Morgan fingerprint density at radius 1 is 1.50 bits per heavy atom. The van der Waals surface area contributed by atoms with Crippen molar-refractivity contribution >= 4 is 11.9 Å². The van der Waals surface area contributed by atoms with Gasteiger partial charge in [0.05, 0.1) is 18.6 Å². The molecule has 0 fully saturated rings. The molecule has 0 saturated heterocycles. The van der Waals surface area contributed by atoms with Gasteiger partial charge in [0.15, 0.2) is 5.75 Å². The monoisotopic (exact) mass is 279 g/mol. The van der Waals surface area contributed by atoms with Gasteiger partial charge in [0.2, 0.25) is 0 Å². The van der Waals surface area contributed by atoms with Crippen molar-refractivity contribution in [3.63, 3.8) is 0 Å². The summed E-state index contributed by atoms with van der Waals surface area (Å²) in [7, 11) is 0. The molecule has 0 unspecified atom stereocenters. The van der Waals surface area contributed by atoms with E-state index < -0.39 is 11.9 Å². The van der Waals surface area contributed by atoms with Crippen LogP contribution in [-0.2, 0) is 9.53 Å². The summed E-state index contributed by atoms with van der Waals surface area (Å²) < 4.78 is 10.0. The number of hydrogen-bond donors (Lipinski definition) is 1. The standard InChI is InChI=1S/C14H17NO5/c1-4-19-14(18)9-6-15-13(17)11-8(7(2)3)5-10(16)20-12(9)11/h6-8H,4-5H2,1-3H3,(H,15,17)/t8-/m0/s1. The van der Waals surface area contributed by atoms with E-state index in [0.717, 1.165) is 0 Å². The van der Waals surface area contributed by atoms with E-state index in [-0.39, 0.29) is 41.7 Å². The molecule has 2 rings (SSSR count). The maximum atomic E-state index is 12.0. The third-order valence-corrected chi connectivity index (χ3v) is 3.35. The molecular weight excluding hydrogens is 262 g/mol. The fourth-order valence-corrected chi connectivity index (χ4v) is 2.34. The summed E-state index contributed by atoms with van der Waals surface area (Å²) in [4.78, 5) is 38.1. The van der Waals surface area contributed by atoms with Gasteiger partial charge in [-0.1, -0.05) is 13.8 Å². The molecule has 1 atom stereocenters. The van der Waals surface area contributed by atoms with Crippen LogP contribution in [0, 0.1) is 5.92 Å². The fraction of sp³-hybridized carbons (Fsp3) is 0.500. The molecule has 0 radical (unpaired) electrons. The second-order valence-corrected chi connectivity index (χ2v) is 5.02. The quantitative estimate of drug-likeness (QED) is 0.849. The van der Waals surface area contributed by atoms with E-state index in [2.05, 4.69) is 4.98 Å². The fourth-order valence-electron chi connectivity index (χ4n) is 2.34. The molecule has 1 aromatic heterocycles. The maximum Gasteiger partial charge on any atom is 0.343 e. The van der Waals surface area contributed by atoms with Crippen molar-refractivity contribution in [2.75, 3.05) is 6.61 Å². The molecule has 6 nitrogen and oxygen atoms in total. The Hall–Kier alpha value is -2.11. The smallest absolute Gasteiger partial charge is 0.343 e. The number of pyridine rings is 1. The highest BCUT2D eigenvalue weighted by molar-refractivity contribution is 5.94. The number of ether oxygens (including phenoxy) is 2. The summed E-state index contributed by atoms with van der Waals surface area (Å²) in [6.45, 7) is 5.72. The minimum Gasteiger partial charge on any atom is -0.462 e. The molecule has 0 amide bonds. The summed E-state index contributed by atoms with van der Waals surface area (Å²) >= 11 is 0. The molecule has 20 heavy (non-hydrogen) atoms. The highest BCUT2D eigenvalue weighted by Gasteiger charge is 2.35. The van der Waals surface area contributed by atoms with Gasteiger partial charge in [-0.25, -0.2) is 4.79 Å². The molecular formula is C14H17NO5. The topological polar surface area (TPSA) is 85.5 Å². The van der Waals surface area contributed by atoms with Gasteiger partial charge in [-0.3, -0.25) is 9.59 Å². The Balaban J connectivity index is 2.60. The van der Waals surface area contributed by atoms with Crippen molar-refractivity contribution in [2.45, 2.75) is 33.1 Å².